The van der Waals surface area contributed by atoms with Crippen molar-refractivity contribution in [2.24, 2.45) is 11.8 Å². The van der Waals surface area contributed by atoms with Crippen LogP contribution in [0.1, 0.15) is 13.3 Å². The third-order valence-corrected chi connectivity index (χ3v) is 3.81. The molecular formula is C11H19N5OS. The van der Waals surface area contributed by atoms with Crippen molar-refractivity contribution in [2.45, 2.75) is 24.6 Å². The SMILES string of the molecule is CSc1nc(NN)cc(N2CCC(C)C(O)C2)n1. The predicted octanol–water partition coefficient (Wildman–Crippen LogP) is 0.691. The molecular weight excluding hydrogens is 250 g/mol. The zero-order valence-electron chi connectivity index (χ0n) is 10.6. The van der Waals surface area contributed by atoms with E-state index in [0.29, 0.717) is 23.4 Å². The van der Waals surface area contributed by atoms with Crippen LogP contribution in [0, 0.1) is 5.92 Å². The van der Waals surface area contributed by atoms with Gasteiger partial charge in [0.1, 0.15) is 11.6 Å². The smallest absolute Gasteiger partial charge is 0.191 e. The number of rotatable bonds is 3. The molecule has 100 valence electrons. The lowest BCUT2D eigenvalue weighted by Crippen LogP contribution is -2.43. The molecule has 18 heavy (non-hydrogen) atoms. The normalized spacial score (nSPS) is 24.1. The molecule has 1 aliphatic heterocycles. The molecule has 0 aliphatic carbocycles. The van der Waals surface area contributed by atoms with Gasteiger partial charge in [-0.2, -0.15) is 0 Å². The minimum Gasteiger partial charge on any atom is -0.391 e. The van der Waals surface area contributed by atoms with Crippen LogP contribution >= 0.6 is 11.8 Å². The summed E-state index contributed by atoms with van der Waals surface area (Å²) in [6.07, 6.45) is 2.58. The van der Waals surface area contributed by atoms with Crippen LogP contribution in [0.2, 0.25) is 0 Å². The summed E-state index contributed by atoms with van der Waals surface area (Å²) in [5.41, 5.74) is 2.55. The summed E-state index contributed by atoms with van der Waals surface area (Å²) in [5.74, 6) is 7.15. The van der Waals surface area contributed by atoms with Gasteiger partial charge in [0, 0.05) is 19.2 Å². The highest BCUT2D eigenvalue weighted by molar-refractivity contribution is 7.98. The van der Waals surface area contributed by atoms with Gasteiger partial charge in [0.05, 0.1) is 6.10 Å². The van der Waals surface area contributed by atoms with Gasteiger partial charge in [0.25, 0.3) is 0 Å². The molecule has 0 aromatic carbocycles. The summed E-state index contributed by atoms with van der Waals surface area (Å²) in [4.78, 5) is 10.8. The molecule has 4 N–H and O–H groups in total. The van der Waals surface area contributed by atoms with Crippen molar-refractivity contribution >= 4 is 23.4 Å². The van der Waals surface area contributed by atoms with E-state index in [-0.39, 0.29) is 6.10 Å². The summed E-state index contributed by atoms with van der Waals surface area (Å²) in [6.45, 7) is 3.57. The van der Waals surface area contributed by atoms with Crippen LogP contribution in [0.25, 0.3) is 0 Å². The Hall–Kier alpha value is -1.05. The highest BCUT2D eigenvalue weighted by Crippen LogP contribution is 2.25. The van der Waals surface area contributed by atoms with Crippen LogP contribution in [-0.2, 0) is 0 Å². The lowest BCUT2D eigenvalue weighted by atomic mass is 9.96. The van der Waals surface area contributed by atoms with Crippen molar-refractivity contribution in [1.29, 1.82) is 0 Å². The van der Waals surface area contributed by atoms with Gasteiger partial charge in [-0.25, -0.2) is 15.8 Å². The van der Waals surface area contributed by atoms with E-state index in [9.17, 15) is 5.11 Å². The standard InChI is InChI=1S/C11H19N5OS/c1-7-3-4-16(6-8(7)17)10-5-9(15-12)13-11(14-10)18-2/h5,7-8,17H,3-4,6,12H2,1-2H3,(H,13,14,15). The van der Waals surface area contributed by atoms with Gasteiger partial charge in [0.2, 0.25) is 0 Å². The van der Waals surface area contributed by atoms with Crippen molar-refractivity contribution in [3.8, 4) is 0 Å². The summed E-state index contributed by atoms with van der Waals surface area (Å²) in [6, 6.07) is 1.81. The number of thioether (sulfide) groups is 1. The third kappa shape index (κ3) is 2.85. The number of β-amino-alcohol motifs (C(OH)–C–C–N with tert-alkyl or cyclic N) is 1. The van der Waals surface area contributed by atoms with Crippen molar-refractivity contribution < 1.29 is 5.11 Å². The van der Waals surface area contributed by atoms with Crippen LogP contribution < -0.4 is 16.2 Å². The van der Waals surface area contributed by atoms with E-state index < -0.39 is 0 Å². The Balaban J connectivity index is 2.22. The fourth-order valence-corrected chi connectivity index (χ4v) is 2.37. The average molecular weight is 269 g/mol. The predicted molar refractivity (Wildman–Crippen MR) is 73.6 cm³/mol. The fourth-order valence-electron chi connectivity index (χ4n) is 2.00. The van der Waals surface area contributed by atoms with Crippen LogP contribution in [0.15, 0.2) is 11.2 Å². The Bertz CT molecular complexity index is 394. The van der Waals surface area contributed by atoms with Crippen LogP contribution in [0.5, 0.6) is 0 Å². The molecule has 6 nitrogen and oxygen atoms in total. The Morgan fingerprint density at radius 2 is 2.33 bits per heavy atom. The highest BCUT2D eigenvalue weighted by atomic mass is 32.2. The molecule has 0 spiro atoms. The fraction of sp³-hybridized carbons (Fsp3) is 0.636. The van der Waals surface area contributed by atoms with Gasteiger partial charge >= 0.3 is 0 Å². The Morgan fingerprint density at radius 3 is 2.94 bits per heavy atom. The zero-order valence-corrected chi connectivity index (χ0v) is 11.4. The second-order valence-corrected chi connectivity index (χ2v) is 5.30. The van der Waals surface area contributed by atoms with Gasteiger partial charge < -0.3 is 15.4 Å². The van der Waals surface area contributed by atoms with Gasteiger partial charge in [-0.1, -0.05) is 18.7 Å². The number of nitrogens with zero attached hydrogens (tertiary/aromatic N) is 3. The van der Waals surface area contributed by atoms with E-state index in [0.717, 1.165) is 18.8 Å². The number of nitrogens with two attached hydrogens (primary N) is 1. The molecule has 1 aromatic heterocycles. The molecule has 0 radical (unpaired) electrons. The summed E-state index contributed by atoms with van der Waals surface area (Å²) < 4.78 is 0. The van der Waals surface area contributed by atoms with Gasteiger partial charge in [-0.05, 0) is 18.6 Å². The summed E-state index contributed by atoms with van der Waals surface area (Å²) in [5, 5.41) is 10.6. The van der Waals surface area contributed by atoms with Crippen molar-refractivity contribution in [3.63, 3.8) is 0 Å². The molecule has 1 saturated heterocycles. The molecule has 0 amide bonds. The maximum absolute atomic E-state index is 9.93. The number of nitrogen functional groups attached to an aromatic ring is 1. The van der Waals surface area contributed by atoms with E-state index >= 15 is 0 Å². The molecule has 0 bridgehead atoms. The quantitative estimate of drug-likeness (QED) is 0.322. The second-order valence-electron chi connectivity index (χ2n) is 4.52. The summed E-state index contributed by atoms with van der Waals surface area (Å²) in [7, 11) is 0. The third-order valence-electron chi connectivity index (χ3n) is 3.27. The summed E-state index contributed by atoms with van der Waals surface area (Å²) >= 11 is 1.47. The number of hydrogen-bond acceptors (Lipinski definition) is 7. The minimum absolute atomic E-state index is 0.305. The van der Waals surface area contributed by atoms with Gasteiger partial charge in [0.15, 0.2) is 5.16 Å². The minimum atomic E-state index is -0.305. The van der Waals surface area contributed by atoms with E-state index in [1.54, 1.807) is 0 Å². The number of aliphatic hydroxyl groups is 1. The van der Waals surface area contributed by atoms with Gasteiger partial charge in [-0.3, -0.25) is 0 Å². The lowest BCUT2D eigenvalue weighted by Gasteiger charge is -2.35. The first-order valence-electron chi connectivity index (χ1n) is 5.96. The first-order valence-corrected chi connectivity index (χ1v) is 7.19. The molecule has 1 fully saturated rings. The second kappa shape index (κ2) is 5.73. The number of piperidine rings is 1. The largest absolute Gasteiger partial charge is 0.391 e. The molecule has 0 saturated carbocycles. The molecule has 2 rings (SSSR count). The molecule has 2 heterocycles. The molecule has 7 heteroatoms. The van der Waals surface area contributed by atoms with E-state index in [2.05, 4.69) is 27.2 Å². The number of aromatic nitrogens is 2. The Morgan fingerprint density at radius 1 is 1.56 bits per heavy atom. The highest BCUT2D eigenvalue weighted by Gasteiger charge is 2.25. The maximum Gasteiger partial charge on any atom is 0.191 e. The van der Waals surface area contributed by atoms with Crippen molar-refractivity contribution in [2.75, 3.05) is 29.7 Å². The first-order chi connectivity index (χ1) is 8.63. The zero-order chi connectivity index (χ0) is 13.1. The molecule has 1 aliphatic rings. The monoisotopic (exact) mass is 269 g/mol. The van der Waals surface area contributed by atoms with Crippen LogP contribution in [0.4, 0.5) is 11.6 Å². The van der Waals surface area contributed by atoms with Crippen LogP contribution in [-0.4, -0.2) is 40.5 Å². The van der Waals surface area contributed by atoms with Crippen LogP contribution in [0.3, 0.4) is 0 Å². The number of anilines is 2. The molecule has 2 atom stereocenters. The molecule has 2 unspecified atom stereocenters. The molecule has 1 aromatic rings. The lowest BCUT2D eigenvalue weighted by molar-refractivity contribution is 0.102. The number of aliphatic hydroxyl groups excluding tert-OH is 1. The Kier molecular flexibility index (Phi) is 4.26. The number of hydrazine groups is 1. The van der Waals surface area contributed by atoms with Crippen molar-refractivity contribution in [1.82, 2.24) is 9.97 Å². The van der Waals surface area contributed by atoms with E-state index in [1.807, 2.05) is 12.3 Å². The van der Waals surface area contributed by atoms with E-state index in [1.165, 1.54) is 11.8 Å². The number of hydrogen-bond donors (Lipinski definition) is 3. The maximum atomic E-state index is 9.93. The Labute approximate surface area is 111 Å². The van der Waals surface area contributed by atoms with Gasteiger partial charge in [-0.15, -0.1) is 0 Å². The van der Waals surface area contributed by atoms with Crippen molar-refractivity contribution in [3.05, 3.63) is 6.07 Å². The number of nitrogens with one attached hydrogen (secondary N) is 1. The topological polar surface area (TPSA) is 87.3 Å². The first kappa shape index (κ1) is 13.4. The van der Waals surface area contributed by atoms with E-state index in [4.69, 9.17) is 5.84 Å². The average Bonchev–Trinajstić information content (AvgIpc) is 2.41.